The standard InChI is InChI=1S/C35H40O8/c1-20(11-12-26-22(3)10-7-13-35(26,4)5)8-6-9-21(2)14-32(40)42-31-19-25-27(37)17-24(36)18-30(25)43-34(31)23-15-28(38)33(41)29(39)16-23/h6,8-9,11-12,14-18,31,34,36-39,41H,7,10,13,19H2,1-5H3/b9-6+,12-11+,20-8+,21-14+/t31-,34-/m1/s1. The van der Waals surface area contributed by atoms with E-state index in [0.29, 0.717) is 11.1 Å². The summed E-state index contributed by atoms with van der Waals surface area (Å²) in [4.78, 5) is 12.9. The van der Waals surface area contributed by atoms with E-state index in [2.05, 4.69) is 32.9 Å². The van der Waals surface area contributed by atoms with Crippen molar-refractivity contribution >= 4 is 5.97 Å². The molecule has 0 spiro atoms. The minimum atomic E-state index is -1.02. The van der Waals surface area contributed by atoms with Crippen molar-refractivity contribution < 1.29 is 39.8 Å². The molecular weight excluding hydrogens is 548 g/mol. The Bertz CT molecular complexity index is 1530. The first-order valence-electron chi connectivity index (χ1n) is 14.3. The third-order valence-corrected chi connectivity index (χ3v) is 7.97. The molecular formula is C35H40O8. The fraction of sp³-hybridized carbons (Fsp3) is 0.343. The van der Waals surface area contributed by atoms with Gasteiger partial charge in [-0.2, -0.15) is 0 Å². The molecule has 0 amide bonds. The van der Waals surface area contributed by atoms with Crippen LogP contribution in [0.3, 0.4) is 0 Å². The molecule has 5 N–H and O–H groups in total. The lowest BCUT2D eigenvalue weighted by Crippen LogP contribution is -2.34. The van der Waals surface area contributed by atoms with Gasteiger partial charge < -0.3 is 35.0 Å². The van der Waals surface area contributed by atoms with E-state index in [9.17, 15) is 30.3 Å². The van der Waals surface area contributed by atoms with Gasteiger partial charge in [0.15, 0.2) is 23.4 Å². The molecule has 2 aliphatic rings. The summed E-state index contributed by atoms with van der Waals surface area (Å²) in [5.74, 6) is -2.81. The lowest BCUT2D eigenvalue weighted by atomic mass is 9.72. The number of rotatable bonds is 7. The maximum Gasteiger partial charge on any atom is 0.331 e. The van der Waals surface area contributed by atoms with E-state index >= 15 is 0 Å². The predicted molar refractivity (Wildman–Crippen MR) is 164 cm³/mol. The fourth-order valence-electron chi connectivity index (χ4n) is 5.67. The van der Waals surface area contributed by atoms with Crippen LogP contribution in [0.15, 0.2) is 83.0 Å². The first kappa shape index (κ1) is 31.3. The van der Waals surface area contributed by atoms with Crippen LogP contribution in [0.4, 0.5) is 0 Å². The Balaban J connectivity index is 1.50. The van der Waals surface area contributed by atoms with Gasteiger partial charge in [-0.15, -0.1) is 0 Å². The van der Waals surface area contributed by atoms with Crippen molar-refractivity contribution in [3.05, 3.63) is 94.1 Å². The SMILES string of the molecule is CC1=C(/C=C/C(C)=C/C=C/C(C)=C/C(=O)O[C@@H]2Cc3c(O)cc(O)cc3O[C@@H]2c2cc(O)c(O)c(O)c2)C(C)(C)CCC1. The molecule has 0 unspecified atom stereocenters. The Labute approximate surface area is 252 Å². The molecule has 2 aromatic rings. The number of ether oxygens (including phenoxy) is 2. The van der Waals surface area contributed by atoms with Gasteiger partial charge in [0.2, 0.25) is 0 Å². The van der Waals surface area contributed by atoms with E-state index in [-0.39, 0.29) is 34.6 Å². The van der Waals surface area contributed by atoms with Crippen molar-refractivity contribution in [3.63, 3.8) is 0 Å². The van der Waals surface area contributed by atoms with Crippen LogP contribution in [0.25, 0.3) is 0 Å². The molecule has 0 bridgehead atoms. The zero-order chi connectivity index (χ0) is 31.5. The minimum absolute atomic E-state index is 0.0317. The van der Waals surface area contributed by atoms with Crippen molar-refractivity contribution in [2.45, 2.75) is 72.5 Å². The largest absolute Gasteiger partial charge is 0.508 e. The second kappa shape index (κ2) is 12.7. The first-order chi connectivity index (χ1) is 20.2. The molecule has 0 radical (unpaired) electrons. The maximum atomic E-state index is 12.9. The van der Waals surface area contributed by atoms with Gasteiger partial charge in [-0.1, -0.05) is 55.4 Å². The second-order valence-corrected chi connectivity index (χ2v) is 12.0. The molecule has 2 atom stereocenters. The number of benzene rings is 2. The zero-order valence-electron chi connectivity index (χ0n) is 25.2. The molecule has 8 heteroatoms. The summed E-state index contributed by atoms with van der Waals surface area (Å²) in [5, 5.41) is 50.2. The number of phenols is 5. The van der Waals surface area contributed by atoms with Gasteiger partial charge in [0, 0.05) is 35.8 Å². The second-order valence-electron chi connectivity index (χ2n) is 12.0. The van der Waals surface area contributed by atoms with E-state index in [4.69, 9.17) is 9.47 Å². The number of carbonyl (C=O) groups excluding carboxylic acids is 1. The Hall–Kier alpha value is -4.59. The first-order valence-corrected chi connectivity index (χ1v) is 14.3. The zero-order valence-corrected chi connectivity index (χ0v) is 25.2. The highest BCUT2D eigenvalue weighted by Crippen LogP contribution is 2.45. The van der Waals surface area contributed by atoms with Crippen molar-refractivity contribution in [2.75, 3.05) is 0 Å². The summed E-state index contributed by atoms with van der Waals surface area (Å²) in [6.07, 6.45) is 12.9. The Morgan fingerprint density at radius 2 is 1.67 bits per heavy atom. The highest BCUT2D eigenvalue weighted by Gasteiger charge is 2.37. The third-order valence-electron chi connectivity index (χ3n) is 7.97. The fourth-order valence-corrected chi connectivity index (χ4v) is 5.67. The van der Waals surface area contributed by atoms with Gasteiger partial charge in [0.1, 0.15) is 23.4 Å². The molecule has 0 aromatic heterocycles. The summed E-state index contributed by atoms with van der Waals surface area (Å²) in [6.45, 7) is 10.6. The van der Waals surface area contributed by atoms with Gasteiger partial charge in [-0.05, 0) is 68.7 Å². The number of carbonyl (C=O) groups is 1. The molecule has 0 saturated carbocycles. The lowest BCUT2D eigenvalue weighted by Gasteiger charge is -2.33. The van der Waals surface area contributed by atoms with E-state index in [0.717, 1.165) is 18.1 Å². The maximum absolute atomic E-state index is 12.9. The van der Waals surface area contributed by atoms with Gasteiger partial charge in [-0.25, -0.2) is 4.79 Å². The van der Waals surface area contributed by atoms with Gasteiger partial charge in [0.25, 0.3) is 0 Å². The lowest BCUT2D eigenvalue weighted by molar-refractivity contribution is -0.149. The van der Waals surface area contributed by atoms with E-state index in [1.54, 1.807) is 13.0 Å². The summed E-state index contributed by atoms with van der Waals surface area (Å²) in [7, 11) is 0. The molecule has 0 fully saturated rings. The molecule has 228 valence electrons. The van der Waals surface area contributed by atoms with Crippen molar-refractivity contribution in [3.8, 4) is 34.5 Å². The molecule has 4 rings (SSSR count). The van der Waals surface area contributed by atoms with Crippen molar-refractivity contribution in [2.24, 2.45) is 5.41 Å². The van der Waals surface area contributed by atoms with Gasteiger partial charge in [0.05, 0.1) is 0 Å². The number of hydrogen-bond donors (Lipinski definition) is 5. The van der Waals surface area contributed by atoms with E-state index < -0.39 is 35.4 Å². The van der Waals surface area contributed by atoms with Crippen LogP contribution in [-0.4, -0.2) is 37.6 Å². The quantitative estimate of drug-likeness (QED) is 0.0981. The molecule has 2 aromatic carbocycles. The number of hydrogen-bond acceptors (Lipinski definition) is 8. The number of allylic oxidation sites excluding steroid dienone is 9. The number of aromatic hydroxyl groups is 5. The molecule has 0 saturated heterocycles. The average molecular weight is 589 g/mol. The topological polar surface area (TPSA) is 137 Å². The van der Waals surface area contributed by atoms with Crippen LogP contribution in [0.5, 0.6) is 34.5 Å². The van der Waals surface area contributed by atoms with Crippen molar-refractivity contribution in [1.29, 1.82) is 0 Å². The number of esters is 1. The van der Waals surface area contributed by atoms with Crippen LogP contribution >= 0.6 is 0 Å². The van der Waals surface area contributed by atoms with E-state index in [1.165, 1.54) is 48.3 Å². The minimum Gasteiger partial charge on any atom is -0.508 e. The number of phenolic OH excluding ortho intramolecular Hbond substituents is 5. The van der Waals surface area contributed by atoms with Crippen LogP contribution in [0.1, 0.15) is 71.1 Å². The summed E-state index contributed by atoms with van der Waals surface area (Å²) < 4.78 is 11.7. The molecule has 43 heavy (non-hydrogen) atoms. The van der Waals surface area contributed by atoms with Gasteiger partial charge in [-0.3, -0.25) is 0 Å². The van der Waals surface area contributed by atoms with Gasteiger partial charge >= 0.3 is 5.97 Å². The smallest absolute Gasteiger partial charge is 0.331 e. The normalized spacial score (nSPS) is 20.8. The van der Waals surface area contributed by atoms with Crippen LogP contribution in [-0.2, 0) is 16.0 Å². The van der Waals surface area contributed by atoms with Crippen LogP contribution < -0.4 is 4.74 Å². The summed E-state index contributed by atoms with van der Waals surface area (Å²) >= 11 is 0. The molecule has 1 aliphatic heterocycles. The van der Waals surface area contributed by atoms with Crippen molar-refractivity contribution in [1.82, 2.24) is 0 Å². The van der Waals surface area contributed by atoms with Crippen LogP contribution in [0.2, 0.25) is 0 Å². The molecule has 1 heterocycles. The summed E-state index contributed by atoms with van der Waals surface area (Å²) in [5.41, 5.74) is 5.26. The third kappa shape index (κ3) is 7.44. The molecule has 1 aliphatic carbocycles. The summed E-state index contributed by atoms with van der Waals surface area (Å²) in [6, 6.07) is 4.85. The highest BCUT2D eigenvalue weighted by atomic mass is 16.6. The highest BCUT2D eigenvalue weighted by molar-refractivity contribution is 5.83. The Morgan fingerprint density at radius 1 is 0.977 bits per heavy atom. The molecule has 8 nitrogen and oxygen atoms in total. The Morgan fingerprint density at radius 3 is 2.35 bits per heavy atom. The monoisotopic (exact) mass is 588 g/mol. The average Bonchev–Trinajstić information content (AvgIpc) is 2.90. The Kier molecular flexibility index (Phi) is 9.28. The number of fused-ring (bicyclic) bond motifs is 1. The predicted octanol–water partition coefficient (Wildman–Crippen LogP) is 7.33. The van der Waals surface area contributed by atoms with E-state index in [1.807, 2.05) is 19.1 Å². The van der Waals surface area contributed by atoms with Crippen LogP contribution in [0, 0.1) is 5.41 Å².